The molecule has 0 atom stereocenters. The van der Waals surface area contributed by atoms with Crippen molar-refractivity contribution in [2.75, 3.05) is 0 Å². The lowest BCUT2D eigenvalue weighted by molar-refractivity contribution is -0.137. The minimum atomic E-state index is -4.67. The predicted octanol–water partition coefficient (Wildman–Crippen LogP) is 3.78. The number of rotatable bonds is 1. The molecule has 0 aliphatic carbocycles. The summed E-state index contributed by atoms with van der Waals surface area (Å²) in [4.78, 5) is 3.64. The molecule has 0 amide bonds. The van der Waals surface area contributed by atoms with Crippen LogP contribution in [0.15, 0.2) is 36.5 Å². The average molecular weight is 266 g/mol. The second-order valence-corrected chi connectivity index (χ2v) is 3.70. The first kappa shape index (κ1) is 13.0. The molecule has 2 rings (SSSR count). The van der Waals surface area contributed by atoms with E-state index in [-0.39, 0.29) is 11.3 Å². The molecule has 96 valence electrons. The number of nitrogens with zero attached hydrogens (tertiary/aromatic N) is 2. The monoisotopic (exact) mass is 266 g/mol. The summed E-state index contributed by atoms with van der Waals surface area (Å²) in [6, 6.07) is 6.78. The van der Waals surface area contributed by atoms with E-state index in [4.69, 9.17) is 5.26 Å². The van der Waals surface area contributed by atoms with Crippen molar-refractivity contribution in [1.82, 2.24) is 4.98 Å². The van der Waals surface area contributed by atoms with Gasteiger partial charge in [0.25, 0.3) is 0 Å². The number of benzene rings is 1. The Balaban J connectivity index is 2.71. The normalized spacial score (nSPS) is 11.1. The lowest BCUT2D eigenvalue weighted by Gasteiger charge is -2.13. The van der Waals surface area contributed by atoms with E-state index in [0.717, 1.165) is 24.3 Å². The second kappa shape index (κ2) is 4.69. The number of alkyl halides is 3. The fourth-order valence-corrected chi connectivity index (χ4v) is 1.70. The van der Waals surface area contributed by atoms with Crippen LogP contribution in [-0.2, 0) is 6.18 Å². The fraction of sp³-hybridized carbons (Fsp3) is 0.0769. The Bertz CT molecular complexity index is 656. The minimum absolute atomic E-state index is 0.0306. The average Bonchev–Trinajstić information content (AvgIpc) is 2.37. The lowest BCUT2D eigenvalue weighted by Crippen LogP contribution is -2.08. The highest BCUT2D eigenvalue weighted by atomic mass is 19.4. The van der Waals surface area contributed by atoms with Gasteiger partial charge >= 0.3 is 6.18 Å². The highest BCUT2D eigenvalue weighted by molar-refractivity contribution is 5.69. The number of pyridine rings is 1. The van der Waals surface area contributed by atoms with Gasteiger partial charge in [0.2, 0.25) is 0 Å². The molecular weight excluding hydrogens is 260 g/mol. The van der Waals surface area contributed by atoms with E-state index >= 15 is 0 Å². The summed E-state index contributed by atoms with van der Waals surface area (Å²) >= 11 is 0. The second-order valence-electron chi connectivity index (χ2n) is 3.70. The zero-order valence-electron chi connectivity index (χ0n) is 9.37. The Kier molecular flexibility index (Phi) is 3.21. The number of hydrogen-bond donors (Lipinski definition) is 0. The molecular formula is C13H6F4N2. The van der Waals surface area contributed by atoms with Crippen LogP contribution >= 0.6 is 0 Å². The van der Waals surface area contributed by atoms with Crippen LogP contribution in [-0.4, -0.2) is 4.98 Å². The first-order valence-electron chi connectivity index (χ1n) is 5.15. The van der Waals surface area contributed by atoms with Gasteiger partial charge in [-0.3, -0.25) is 0 Å². The molecule has 1 aromatic heterocycles. The lowest BCUT2D eigenvalue weighted by atomic mass is 9.99. The molecule has 1 aromatic carbocycles. The van der Waals surface area contributed by atoms with Gasteiger partial charge in [-0.15, -0.1) is 0 Å². The predicted molar refractivity (Wildman–Crippen MR) is 59.3 cm³/mol. The van der Waals surface area contributed by atoms with Gasteiger partial charge in [-0.05, 0) is 29.8 Å². The number of halogens is 4. The van der Waals surface area contributed by atoms with Gasteiger partial charge in [0.15, 0.2) is 0 Å². The van der Waals surface area contributed by atoms with Crippen LogP contribution in [0.4, 0.5) is 17.6 Å². The van der Waals surface area contributed by atoms with Crippen molar-refractivity contribution in [3.63, 3.8) is 0 Å². The number of hydrogen-bond acceptors (Lipinski definition) is 2. The quantitative estimate of drug-likeness (QED) is 0.736. The Morgan fingerprint density at radius 3 is 2.53 bits per heavy atom. The maximum absolute atomic E-state index is 13.7. The van der Waals surface area contributed by atoms with Crippen LogP contribution in [0.25, 0.3) is 11.1 Å². The number of aromatic nitrogens is 1. The Morgan fingerprint density at radius 2 is 1.89 bits per heavy atom. The van der Waals surface area contributed by atoms with Gasteiger partial charge in [-0.1, -0.05) is 6.07 Å². The van der Waals surface area contributed by atoms with E-state index in [1.54, 1.807) is 6.07 Å². The molecule has 0 unspecified atom stereocenters. The maximum atomic E-state index is 13.7. The molecule has 0 radical (unpaired) electrons. The smallest absolute Gasteiger partial charge is 0.246 e. The first-order chi connectivity index (χ1) is 8.93. The van der Waals surface area contributed by atoms with Crippen molar-refractivity contribution in [2.45, 2.75) is 6.18 Å². The number of nitriles is 1. The molecule has 0 N–H and O–H groups in total. The van der Waals surface area contributed by atoms with Crippen LogP contribution in [0, 0.1) is 17.1 Å². The van der Waals surface area contributed by atoms with Crippen molar-refractivity contribution >= 4 is 0 Å². The fourth-order valence-electron chi connectivity index (χ4n) is 1.70. The molecule has 0 aliphatic heterocycles. The third kappa shape index (κ3) is 2.55. The van der Waals surface area contributed by atoms with E-state index in [9.17, 15) is 17.6 Å². The highest BCUT2D eigenvalue weighted by Crippen LogP contribution is 2.38. The zero-order valence-corrected chi connectivity index (χ0v) is 9.37. The summed E-state index contributed by atoms with van der Waals surface area (Å²) in [6.45, 7) is 0. The topological polar surface area (TPSA) is 36.7 Å². The molecule has 0 bridgehead atoms. The molecule has 0 saturated carbocycles. The van der Waals surface area contributed by atoms with Gasteiger partial charge in [0, 0.05) is 11.8 Å². The zero-order chi connectivity index (χ0) is 14.0. The van der Waals surface area contributed by atoms with Crippen molar-refractivity contribution in [3.8, 4) is 17.2 Å². The van der Waals surface area contributed by atoms with Crippen molar-refractivity contribution < 1.29 is 17.6 Å². The van der Waals surface area contributed by atoms with E-state index in [1.807, 2.05) is 0 Å². The summed E-state index contributed by atoms with van der Waals surface area (Å²) in [7, 11) is 0. The van der Waals surface area contributed by atoms with E-state index in [2.05, 4.69) is 4.98 Å². The molecule has 2 nitrogen and oxygen atoms in total. The molecule has 6 heteroatoms. The summed E-state index contributed by atoms with van der Waals surface area (Å²) < 4.78 is 52.2. The first-order valence-corrected chi connectivity index (χ1v) is 5.15. The van der Waals surface area contributed by atoms with E-state index in [0.29, 0.717) is 0 Å². The van der Waals surface area contributed by atoms with Crippen LogP contribution in [0.5, 0.6) is 0 Å². The van der Waals surface area contributed by atoms with E-state index < -0.39 is 23.1 Å². The Morgan fingerprint density at radius 1 is 1.16 bits per heavy atom. The van der Waals surface area contributed by atoms with E-state index in [1.165, 1.54) is 12.3 Å². The van der Waals surface area contributed by atoms with Crippen LogP contribution in [0.2, 0.25) is 0 Å². The molecule has 1 heterocycles. The minimum Gasteiger partial charge on any atom is -0.246 e. The molecule has 0 aliphatic rings. The van der Waals surface area contributed by atoms with Crippen molar-refractivity contribution in [3.05, 3.63) is 53.6 Å². The summed E-state index contributed by atoms with van der Waals surface area (Å²) in [5, 5.41) is 8.68. The molecule has 0 spiro atoms. The Hall–Kier alpha value is -2.42. The summed E-state index contributed by atoms with van der Waals surface area (Å²) in [5.41, 5.74) is -1.76. The third-order valence-corrected chi connectivity index (χ3v) is 2.48. The Labute approximate surface area is 105 Å². The van der Waals surface area contributed by atoms with Crippen LogP contribution in [0.3, 0.4) is 0 Å². The summed E-state index contributed by atoms with van der Waals surface area (Å²) in [6.07, 6.45) is -3.51. The molecule has 0 fully saturated rings. The van der Waals surface area contributed by atoms with Crippen LogP contribution < -0.4 is 0 Å². The maximum Gasteiger partial charge on any atom is 0.417 e. The summed E-state index contributed by atoms with van der Waals surface area (Å²) in [5.74, 6) is -0.995. The van der Waals surface area contributed by atoms with Crippen LogP contribution in [0.1, 0.15) is 11.3 Å². The van der Waals surface area contributed by atoms with Gasteiger partial charge in [0.1, 0.15) is 17.6 Å². The van der Waals surface area contributed by atoms with Gasteiger partial charge in [-0.2, -0.15) is 18.4 Å². The molecule has 2 aromatic rings. The van der Waals surface area contributed by atoms with Crippen molar-refractivity contribution in [1.29, 1.82) is 5.26 Å². The highest BCUT2D eigenvalue weighted by Gasteiger charge is 2.34. The largest absolute Gasteiger partial charge is 0.417 e. The standard InChI is InChI=1S/C13H6F4N2/c14-11-3-1-2-10(13(15,16)17)12(11)8-4-5-19-9(6-8)7-18/h1-6H. The SMILES string of the molecule is N#Cc1cc(-c2c(F)cccc2C(F)(F)F)ccn1. The van der Waals surface area contributed by atoms with Gasteiger partial charge in [-0.25, -0.2) is 9.37 Å². The van der Waals surface area contributed by atoms with Crippen molar-refractivity contribution in [2.24, 2.45) is 0 Å². The molecule has 19 heavy (non-hydrogen) atoms. The molecule has 0 saturated heterocycles. The third-order valence-electron chi connectivity index (χ3n) is 2.48. The van der Waals surface area contributed by atoms with Gasteiger partial charge in [0.05, 0.1) is 5.56 Å². The van der Waals surface area contributed by atoms with Gasteiger partial charge < -0.3 is 0 Å².